The van der Waals surface area contributed by atoms with Crippen LogP contribution in [0.1, 0.15) is 132 Å². The van der Waals surface area contributed by atoms with Gasteiger partial charge in [0.05, 0.1) is 11.1 Å². The Morgan fingerprint density at radius 3 is 1.36 bits per heavy atom. The van der Waals surface area contributed by atoms with E-state index in [-0.39, 0.29) is 41.0 Å². The van der Waals surface area contributed by atoms with Crippen molar-refractivity contribution in [2.24, 2.45) is 29.1 Å². The summed E-state index contributed by atoms with van der Waals surface area (Å²) in [5.41, 5.74) is 2.06. The van der Waals surface area contributed by atoms with Crippen LogP contribution in [0.2, 0.25) is 0 Å². The summed E-state index contributed by atoms with van der Waals surface area (Å²) < 4.78 is 13.5. The third-order valence-corrected chi connectivity index (χ3v) is 11.0. The van der Waals surface area contributed by atoms with Gasteiger partial charge in [0, 0.05) is 23.7 Å². The molecular weight excluding hydrogens is 556 g/mol. The second-order valence-electron chi connectivity index (χ2n) is 14.6. The van der Waals surface area contributed by atoms with Crippen LogP contribution in [-0.4, -0.2) is 23.1 Å². The van der Waals surface area contributed by atoms with Gasteiger partial charge in [-0.3, -0.25) is 0 Å². The lowest BCUT2D eigenvalue weighted by Crippen LogP contribution is -2.45. The molecule has 0 N–H and O–H groups in total. The van der Waals surface area contributed by atoms with E-state index in [0.29, 0.717) is 11.1 Å². The van der Waals surface area contributed by atoms with Gasteiger partial charge in [0.1, 0.15) is 11.2 Å². The van der Waals surface area contributed by atoms with Crippen LogP contribution in [0.3, 0.4) is 0 Å². The average Bonchev–Trinajstić information content (AvgIpc) is 3.41. The zero-order chi connectivity index (χ0) is 32.8. The quantitative estimate of drug-likeness (QED) is 0.128. The van der Waals surface area contributed by atoms with Gasteiger partial charge in [-0.1, -0.05) is 142 Å². The SMILES string of the molecule is CCCC1=CC=CC(CCC)(OC(=O)C2=C(C(=O)OC3(CCC)C=CC=C(CCC)C3CCC)C3C=CC2C3(C)C)C1CCC. The number of hydrogen-bond donors (Lipinski definition) is 0. The lowest BCUT2D eigenvalue weighted by Gasteiger charge is -2.42. The Bertz CT molecular complexity index is 1180. The second-order valence-corrected chi connectivity index (χ2v) is 14.6. The topological polar surface area (TPSA) is 52.6 Å². The van der Waals surface area contributed by atoms with E-state index in [0.717, 1.165) is 77.0 Å². The van der Waals surface area contributed by atoms with Crippen LogP contribution >= 0.6 is 0 Å². The van der Waals surface area contributed by atoms with Crippen LogP contribution in [0.15, 0.2) is 70.9 Å². The maximum atomic E-state index is 14.6. The molecule has 2 bridgehead atoms. The Balaban J connectivity index is 1.75. The van der Waals surface area contributed by atoms with Gasteiger partial charge in [0.25, 0.3) is 0 Å². The van der Waals surface area contributed by atoms with E-state index in [1.54, 1.807) is 0 Å². The van der Waals surface area contributed by atoms with E-state index in [4.69, 9.17) is 9.47 Å². The predicted molar refractivity (Wildman–Crippen MR) is 185 cm³/mol. The van der Waals surface area contributed by atoms with Gasteiger partial charge in [0.2, 0.25) is 0 Å². The third kappa shape index (κ3) is 6.63. The Morgan fingerprint density at radius 1 is 0.622 bits per heavy atom. The number of ether oxygens (including phenoxy) is 2. The molecule has 0 aromatic rings. The van der Waals surface area contributed by atoms with E-state index >= 15 is 0 Å². The molecule has 6 unspecified atom stereocenters. The zero-order valence-electron chi connectivity index (χ0n) is 29.5. The molecule has 0 aliphatic heterocycles. The van der Waals surface area contributed by atoms with E-state index in [1.807, 2.05) is 0 Å². The molecule has 0 heterocycles. The Labute approximate surface area is 274 Å². The molecule has 4 heteroatoms. The molecule has 0 aromatic carbocycles. The van der Waals surface area contributed by atoms with E-state index in [1.165, 1.54) is 11.1 Å². The number of fused-ring (bicyclic) bond motifs is 2. The molecule has 0 spiro atoms. The highest BCUT2D eigenvalue weighted by molar-refractivity contribution is 6.04. The van der Waals surface area contributed by atoms with Crippen molar-refractivity contribution in [3.05, 3.63) is 70.9 Å². The van der Waals surface area contributed by atoms with Crippen molar-refractivity contribution in [1.29, 1.82) is 0 Å². The van der Waals surface area contributed by atoms with Gasteiger partial charge in [-0.15, -0.1) is 0 Å². The van der Waals surface area contributed by atoms with Crippen molar-refractivity contribution < 1.29 is 19.1 Å². The lowest BCUT2D eigenvalue weighted by atomic mass is 9.72. The summed E-state index contributed by atoms with van der Waals surface area (Å²) in [4.78, 5) is 29.2. The lowest BCUT2D eigenvalue weighted by molar-refractivity contribution is -0.159. The molecule has 0 amide bonds. The maximum absolute atomic E-state index is 14.6. The van der Waals surface area contributed by atoms with E-state index in [2.05, 4.69) is 104 Å². The summed E-state index contributed by atoms with van der Waals surface area (Å²) >= 11 is 0. The number of carbonyl (C=O) groups is 2. The van der Waals surface area contributed by atoms with Gasteiger partial charge >= 0.3 is 11.9 Å². The van der Waals surface area contributed by atoms with Crippen molar-refractivity contribution in [1.82, 2.24) is 0 Å². The fourth-order valence-electron chi connectivity index (χ4n) is 9.01. The van der Waals surface area contributed by atoms with E-state index < -0.39 is 11.2 Å². The fraction of sp³-hybridized carbons (Fsp3) is 0.659. The van der Waals surface area contributed by atoms with Crippen molar-refractivity contribution >= 4 is 11.9 Å². The molecule has 4 aliphatic rings. The molecule has 0 saturated heterocycles. The van der Waals surface area contributed by atoms with Crippen LogP contribution in [0.5, 0.6) is 0 Å². The second kappa shape index (κ2) is 14.9. The summed E-state index contributed by atoms with van der Waals surface area (Å²) in [5, 5.41) is 0. The molecule has 4 aliphatic carbocycles. The predicted octanol–water partition coefficient (Wildman–Crippen LogP) is 10.7. The summed E-state index contributed by atoms with van der Waals surface area (Å²) in [7, 11) is 0. The third-order valence-electron chi connectivity index (χ3n) is 11.0. The minimum atomic E-state index is -0.708. The largest absolute Gasteiger partial charge is 0.451 e. The molecule has 4 rings (SSSR count). The van der Waals surface area contributed by atoms with Crippen LogP contribution in [-0.2, 0) is 19.1 Å². The Morgan fingerprint density at radius 2 is 1.02 bits per heavy atom. The summed E-state index contributed by atoms with van der Waals surface area (Å²) in [6.45, 7) is 17.5. The van der Waals surface area contributed by atoms with Crippen molar-refractivity contribution in [2.75, 3.05) is 0 Å². The van der Waals surface area contributed by atoms with Gasteiger partial charge in [-0.05, 0) is 56.1 Å². The highest BCUT2D eigenvalue weighted by Gasteiger charge is 2.57. The molecule has 0 saturated carbocycles. The van der Waals surface area contributed by atoms with Crippen molar-refractivity contribution in [2.45, 2.75) is 144 Å². The molecular formula is C41H60O4. The molecule has 6 atom stereocenters. The first kappa shape index (κ1) is 35.2. The van der Waals surface area contributed by atoms with Crippen LogP contribution in [0.25, 0.3) is 0 Å². The van der Waals surface area contributed by atoms with Gasteiger partial charge in [-0.25, -0.2) is 9.59 Å². The number of carbonyl (C=O) groups excluding carboxylic acids is 2. The summed E-state index contributed by atoms with van der Waals surface area (Å²) in [5.74, 6) is -0.745. The number of hydrogen-bond acceptors (Lipinski definition) is 4. The molecule has 0 radical (unpaired) electrons. The fourth-order valence-corrected chi connectivity index (χ4v) is 9.01. The number of esters is 2. The van der Waals surface area contributed by atoms with Gasteiger partial charge in [-0.2, -0.15) is 0 Å². The van der Waals surface area contributed by atoms with Gasteiger partial charge < -0.3 is 9.47 Å². The summed E-state index contributed by atoms with van der Waals surface area (Å²) in [6, 6.07) is 0. The minimum Gasteiger partial charge on any atom is -0.451 e. The van der Waals surface area contributed by atoms with Crippen LogP contribution in [0.4, 0.5) is 0 Å². The van der Waals surface area contributed by atoms with E-state index in [9.17, 15) is 9.59 Å². The maximum Gasteiger partial charge on any atom is 0.336 e. The first-order chi connectivity index (χ1) is 21.6. The van der Waals surface area contributed by atoms with Crippen molar-refractivity contribution in [3.8, 4) is 0 Å². The molecule has 45 heavy (non-hydrogen) atoms. The first-order valence-electron chi connectivity index (χ1n) is 18.2. The molecule has 0 fully saturated rings. The minimum absolute atomic E-state index is 0.147. The van der Waals surface area contributed by atoms with Crippen molar-refractivity contribution in [3.63, 3.8) is 0 Å². The average molecular weight is 617 g/mol. The highest BCUT2D eigenvalue weighted by Crippen LogP contribution is 2.58. The smallest absolute Gasteiger partial charge is 0.336 e. The number of allylic oxidation sites excluding steroid dienone is 6. The first-order valence-corrected chi connectivity index (χ1v) is 18.2. The normalized spacial score (nSPS) is 31.3. The molecule has 248 valence electrons. The highest BCUT2D eigenvalue weighted by atomic mass is 16.6. The van der Waals surface area contributed by atoms with Crippen LogP contribution < -0.4 is 0 Å². The summed E-state index contributed by atoms with van der Waals surface area (Å²) in [6.07, 6.45) is 28.6. The molecule has 0 aromatic heterocycles. The molecule has 4 nitrogen and oxygen atoms in total. The standard InChI is InChI=1S/C41H60O4/c1-9-17-29-21-15-27-40(25-13-5,31(29)19-11-3)44-37(42)35-33-23-24-34(39(33,7)8)36(35)38(43)45-41(26-14-6)28-16-22-30(18-10-2)32(41)20-12-4/h15-16,21-24,27-28,31-34H,9-14,17-20,25-26H2,1-8H3. The zero-order valence-corrected chi connectivity index (χ0v) is 29.5. The van der Waals surface area contributed by atoms with Gasteiger partial charge in [0.15, 0.2) is 0 Å². The Kier molecular flexibility index (Phi) is 11.6. The Hall–Kier alpha value is -2.62. The number of rotatable bonds is 16. The van der Waals surface area contributed by atoms with Crippen LogP contribution in [0, 0.1) is 29.1 Å². The monoisotopic (exact) mass is 616 g/mol.